The first-order valence-corrected chi connectivity index (χ1v) is 7.02. The number of halogens is 1. The number of amides is 1. The fraction of sp³-hybridized carbons (Fsp3) is 0.357. The standard InChI is InChI=1S/C14H16ClN3O2/c15-12-8-11(7-9-1-4-16-13(9)12)17-10-2-5-18(6-3-10)14(19)20/h1,4,7-8,10,16-17H,2-3,5-6H2,(H,19,20). The Balaban J connectivity index is 1.69. The number of nitrogens with zero attached hydrogens (tertiary/aromatic N) is 1. The van der Waals surface area contributed by atoms with Crippen LogP contribution < -0.4 is 5.32 Å². The van der Waals surface area contributed by atoms with Gasteiger partial charge in [0.05, 0.1) is 10.5 Å². The molecular weight excluding hydrogens is 278 g/mol. The van der Waals surface area contributed by atoms with E-state index in [1.54, 1.807) is 0 Å². The number of benzene rings is 1. The van der Waals surface area contributed by atoms with E-state index in [1.807, 2.05) is 18.3 Å². The molecule has 106 valence electrons. The molecule has 5 nitrogen and oxygen atoms in total. The monoisotopic (exact) mass is 293 g/mol. The zero-order chi connectivity index (χ0) is 14.1. The lowest BCUT2D eigenvalue weighted by Gasteiger charge is -2.31. The quantitative estimate of drug-likeness (QED) is 0.795. The number of fused-ring (bicyclic) bond motifs is 1. The van der Waals surface area contributed by atoms with Crippen molar-refractivity contribution in [3.05, 3.63) is 29.4 Å². The van der Waals surface area contributed by atoms with Gasteiger partial charge < -0.3 is 20.3 Å². The lowest BCUT2D eigenvalue weighted by Crippen LogP contribution is -2.41. The van der Waals surface area contributed by atoms with E-state index in [1.165, 1.54) is 4.90 Å². The van der Waals surface area contributed by atoms with Gasteiger partial charge in [-0.3, -0.25) is 0 Å². The first-order chi connectivity index (χ1) is 9.63. The van der Waals surface area contributed by atoms with Gasteiger partial charge in [0.25, 0.3) is 0 Å². The van der Waals surface area contributed by atoms with E-state index in [4.69, 9.17) is 16.7 Å². The van der Waals surface area contributed by atoms with E-state index in [9.17, 15) is 4.79 Å². The Kier molecular flexibility index (Phi) is 3.44. The highest BCUT2D eigenvalue weighted by Gasteiger charge is 2.22. The molecule has 1 fully saturated rings. The van der Waals surface area contributed by atoms with Crippen LogP contribution in [0.5, 0.6) is 0 Å². The summed E-state index contributed by atoms with van der Waals surface area (Å²) < 4.78 is 0. The summed E-state index contributed by atoms with van der Waals surface area (Å²) in [5.41, 5.74) is 1.92. The molecule has 2 aromatic rings. The van der Waals surface area contributed by atoms with Gasteiger partial charge in [0.1, 0.15) is 0 Å². The zero-order valence-electron chi connectivity index (χ0n) is 10.9. The number of likely N-dealkylation sites (tertiary alicyclic amines) is 1. The van der Waals surface area contributed by atoms with Crippen LogP contribution in [0.2, 0.25) is 5.02 Å². The summed E-state index contributed by atoms with van der Waals surface area (Å²) in [6, 6.07) is 6.24. The Labute approximate surface area is 121 Å². The van der Waals surface area contributed by atoms with Crippen molar-refractivity contribution in [2.45, 2.75) is 18.9 Å². The number of anilines is 1. The maximum absolute atomic E-state index is 10.9. The number of nitrogens with one attached hydrogen (secondary N) is 2. The minimum Gasteiger partial charge on any atom is -0.465 e. The van der Waals surface area contributed by atoms with Crippen LogP contribution >= 0.6 is 11.6 Å². The predicted octanol–water partition coefficient (Wildman–Crippen LogP) is 3.38. The van der Waals surface area contributed by atoms with Gasteiger partial charge >= 0.3 is 6.09 Å². The lowest BCUT2D eigenvalue weighted by atomic mass is 10.0. The van der Waals surface area contributed by atoms with Crippen LogP contribution in [0, 0.1) is 0 Å². The maximum Gasteiger partial charge on any atom is 0.407 e. The number of aromatic nitrogens is 1. The first kappa shape index (κ1) is 13.1. The fourth-order valence-corrected chi connectivity index (χ4v) is 2.94. The second kappa shape index (κ2) is 5.25. The first-order valence-electron chi connectivity index (χ1n) is 6.64. The van der Waals surface area contributed by atoms with Gasteiger partial charge in [-0.2, -0.15) is 0 Å². The third kappa shape index (κ3) is 2.54. The Bertz CT molecular complexity index is 632. The van der Waals surface area contributed by atoms with Crippen molar-refractivity contribution in [3.8, 4) is 0 Å². The van der Waals surface area contributed by atoms with Crippen molar-refractivity contribution in [1.82, 2.24) is 9.88 Å². The Morgan fingerprint density at radius 2 is 2.15 bits per heavy atom. The average Bonchev–Trinajstić information content (AvgIpc) is 2.88. The Hall–Kier alpha value is -1.88. The molecule has 0 unspecified atom stereocenters. The van der Waals surface area contributed by atoms with Crippen LogP contribution in [-0.4, -0.2) is 40.2 Å². The Morgan fingerprint density at radius 3 is 2.85 bits per heavy atom. The molecule has 0 spiro atoms. The molecule has 2 heterocycles. The topological polar surface area (TPSA) is 68.4 Å². The van der Waals surface area contributed by atoms with Crippen molar-refractivity contribution in [3.63, 3.8) is 0 Å². The minimum absolute atomic E-state index is 0.290. The Morgan fingerprint density at radius 1 is 1.40 bits per heavy atom. The van der Waals surface area contributed by atoms with Crippen molar-refractivity contribution in [1.29, 1.82) is 0 Å². The van der Waals surface area contributed by atoms with Crippen LogP contribution in [0.25, 0.3) is 10.9 Å². The van der Waals surface area contributed by atoms with Crippen molar-refractivity contribution in [2.75, 3.05) is 18.4 Å². The van der Waals surface area contributed by atoms with Crippen molar-refractivity contribution >= 4 is 34.3 Å². The van der Waals surface area contributed by atoms with Crippen LogP contribution in [0.3, 0.4) is 0 Å². The van der Waals surface area contributed by atoms with E-state index < -0.39 is 6.09 Å². The number of carboxylic acid groups (broad SMARTS) is 1. The summed E-state index contributed by atoms with van der Waals surface area (Å²) in [5.74, 6) is 0. The van der Waals surface area contributed by atoms with E-state index in [0.717, 1.165) is 29.4 Å². The van der Waals surface area contributed by atoms with Crippen LogP contribution in [0.4, 0.5) is 10.5 Å². The number of hydrogen-bond donors (Lipinski definition) is 3. The number of hydrogen-bond acceptors (Lipinski definition) is 2. The zero-order valence-corrected chi connectivity index (χ0v) is 11.7. The molecule has 0 radical (unpaired) electrons. The van der Waals surface area contributed by atoms with Crippen LogP contribution in [0.1, 0.15) is 12.8 Å². The van der Waals surface area contributed by atoms with Crippen LogP contribution in [0.15, 0.2) is 24.4 Å². The summed E-state index contributed by atoms with van der Waals surface area (Å²) in [6.07, 6.45) is 2.66. The van der Waals surface area contributed by atoms with Crippen LogP contribution in [-0.2, 0) is 0 Å². The second-order valence-corrected chi connectivity index (χ2v) is 5.50. The van der Waals surface area contributed by atoms with Gasteiger partial charge in [-0.1, -0.05) is 11.6 Å². The maximum atomic E-state index is 10.9. The highest BCUT2D eigenvalue weighted by Crippen LogP contribution is 2.28. The van der Waals surface area contributed by atoms with E-state index in [-0.39, 0.29) is 6.04 Å². The largest absolute Gasteiger partial charge is 0.465 e. The van der Waals surface area contributed by atoms with Gasteiger partial charge in [-0.15, -0.1) is 0 Å². The second-order valence-electron chi connectivity index (χ2n) is 5.09. The molecule has 1 aromatic heterocycles. The van der Waals surface area contributed by atoms with Gasteiger partial charge in [-0.05, 0) is 31.0 Å². The molecule has 1 aliphatic heterocycles. The number of piperidine rings is 1. The predicted molar refractivity (Wildman–Crippen MR) is 79.6 cm³/mol. The molecule has 0 bridgehead atoms. The summed E-state index contributed by atoms with van der Waals surface area (Å²) in [6.45, 7) is 1.15. The highest BCUT2D eigenvalue weighted by atomic mass is 35.5. The molecule has 0 aliphatic carbocycles. The number of H-pyrrole nitrogens is 1. The summed E-state index contributed by atoms with van der Waals surface area (Å²) >= 11 is 6.23. The van der Waals surface area contributed by atoms with E-state index in [0.29, 0.717) is 18.1 Å². The molecular formula is C14H16ClN3O2. The number of aromatic amines is 1. The van der Waals surface area contributed by atoms with E-state index in [2.05, 4.69) is 16.4 Å². The number of rotatable bonds is 2. The van der Waals surface area contributed by atoms with Gasteiger partial charge in [0.15, 0.2) is 0 Å². The molecule has 0 atom stereocenters. The van der Waals surface area contributed by atoms with Gasteiger partial charge in [0.2, 0.25) is 0 Å². The molecule has 0 saturated carbocycles. The summed E-state index contributed by atoms with van der Waals surface area (Å²) in [7, 11) is 0. The summed E-state index contributed by atoms with van der Waals surface area (Å²) in [4.78, 5) is 15.4. The lowest BCUT2D eigenvalue weighted by molar-refractivity contribution is 0.134. The normalized spacial score (nSPS) is 16.6. The van der Waals surface area contributed by atoms with Gasteiger partial charge in [0, 0.05) is 36.4 Å². The van der Waals surface area contributed by atoms with Gasteiger partial charge in [-0.25, -0.2) is 4.79 Å². The summed E-state index contributed by atoms with van der Waals surface area (Å²) in [5, 5.41) is 14.1. The smallest absolute Gasteiger partial charge is 0.407 e. The van der Waals surface area contributed by atoms with Crippen molar-refractivity contribution in [2.24, 2.45) is 0 Å². The molecule has 1 saturated heterocycles. The third-order valence-electron chi connectivity index (χ3n) is 3.75. The number of carbonyl (C=O) groups is 1. The highest BCUT2D eigenvalue weighted by molar-refractivity contribution is 6.35. The molecule has 1 aromatic carbocycles. The molecule has 1 aliphatic rings. The molecule has 3 N–H and O–H groups in total. The van der Waals surface area contributed by atoms with E-state index >= 15 is 0 Å². The molecule has 20 heavy (non-hydrogen) atoms. The van der Waals surface area contributed by atoms with Crippen molar-refractivity contribution < 1.29 is 9.90 Å². The SMILES string of the molecule is O=C(O)N1CCC(Nc2cc(Cl)c3[nH]ccc3c2)CC1. The molecule has 6 heteroatoms. The molecule has 3 rings (SSSR count). The average molecular weight is 294 g/mol. The molecule has 1 amide bonds. The third-order valence-corrected chi connectivity index (χ3v) is 4.05. The minimum atomic E-state index is -0.833. The fourth-order valence-electron chi connectivity index (χ4n) is 2.66.